The van der Waals surface area contributed by atoms with Gasteiger partial charge >= 0.3 is 0 Å². The highest BCUT2D eigenvalue weighted by molar-refractivity contribution is 7.89. The van der Waals surface area contributed by atoms with E-state index >= 15 is 0 Å². The first-order chi connectivity index (χ1) is 19.7. The van der Waals surface area contributed by atoms with E-state index in [2.05, 4.69) is 4.90 Å². The fraction of sp³-hybridized carbons (Fsp3) is 0.323. The van der Waals surface area contributed by atoms with Gasteiger partial charge in [-0.25, -0.2) is 8.42 Å². The maximum atomic E-state index is 13.1. The maximum absolute atomic E-state index is 13.1. The van der Waals surface area contributed by atoms with E-state index in [1.807, 2.05) is 0 Å². The van der Waals surface area contributed by atoms with Gasteiger partial charge < -0.3 is 14.4 Å². The molecule has 0 unspecified atom stereocenters. The molecule has 1 fully saturated rings. The van der Waals surface area contributed by atoms with Crippen LogP contribution in [0.4, 0.5) is 0 Å². The van der Waals surface area contributed by atoms with Crippen LogP contribution in [0.25, 0.3) is 6.08 Å². The van der Waals surface area contributed by atoms with E-state index in [4.69, 9.17) is 32.7 Å². The second kappa shape index (κ2) is 14.3. The Morgan fingerprint density at radius 2 is 1.66 bits per heavy atom. The normalized spacial score (nSPS) is 15.0. The van der Waals surface area contributed by atoms with Crippen LogP contribution in [-0.4, -0.2) is 69.8 Å². The molecule has 0 aromatic heterocycles. The topological polar surface area (TPSA) is 76.2 Å². The van der Waals surface area contributed by atoms with Crippen LogP contribution in [0.3, 0.4) is 0 Å². The number of carbonyl (C=O) groups is 1. The van der Waals surface area contributed by atoms with Crippen LogP contribution in [0.15, 0.2) is 77.7 Å². The Balaban J connectivity index is 1.17. The van der Waals surface area contributed by atoms with Crippen molar-refractivity contribution in [2.75, 3.05) is 40.4 Å². The van der Waals surface area contributed by atoms with Crippen molar-refractivity contribution in [3.63, 3.8) is 0 Å². The average Bonchev–Trinajstić information content (AvgIpc) is 2.99. The number of hydrogen-bond donors (Lipinski definition) is 0. The van der Waals surface area contributed by atoms with Crippen LogP contribution >= 0.6 is 23.2 Å². The molecular formula is C31H34Cl2N2O5S. The lowest BCUT2D eigenvalue weighted by Gasteiger charge is -2.36. The van der Waals surface area contributed by atoms with Crippen molar-refractivity contribution in [1.29, 1.82) is 0 Å². The SMILES string of the molecule is COc1ccc(S(=O)(=O)N(C)C2CCN(CCCOc3ccc(C(=O)C=Cc4ccc(Cl)cc4Cl)cc3)CC2)cc1. The molecule has 0 spiro atoms. The highest BCUT2D eigenvalue weighted by Gasteiger charge is 2.30. The number of allylic oxidation sites excluding steroid dienone is 1. The second-order valence-electron chi connectivity index (χ2n) is 9.86. The average molecular weight is 618 g/mol. The summed E-state index contributed by atoms with van der Waals surface area (Å²) in [5.41, 5.74) is 1.28. The minimum Gasteiger partial charge on any atom is -0.497 e. The summed E-state index contributed by atoms with van der Waals surface area (Å²) in [6.45, 7) is 3.08. The highest BCUT2D eigenvalue weighted by Crippen LogP contribution is 2.25. The smallest absolute Gasteiger partial charge is 0.243 e. The number of benzene rings is 3. The monoisotopic (exact) mass is 616 g/mol. The lowest BCUT2D eigenvalue weighted by atomic mass is 10.1. The first-order valence-electron chi connectivity index (χ1n) is 13.4. The molecule has 4 rings (SSSR count). The molecule has 0 amide bonds. The van der Waals surface area contributed by atoms with Gasteiger partial charge in [0.25, 0.3) is 0 Å². The third-order valence-electron chi connectivity index (χ3n) is 7.21. The van der Waals surface area contributed by atoms with Gasteiger partial charge in [0, 0.05) is 35.2 Å². The summed E-state index contributed by atoms with van der Waals surface area (Å²) in [4.78, 5) is 15.1. The zero-order valence-electron chi connectivity index (χ0n) is 23.1. The number of carbonyl (C=O) groups excluding carboxylic acids is 1. The van der Waals surface area contributed by atoms with Crippen molar-refractivity contribution in [1.82, 2.24) is 9.21 Å². The van der Waals surface area contributed by atoms with Gasteiger partial charge in [0.15, 0.2) is 5.78 Å². The lowest BCUT2D eigenvalue weighted by molar-refractivity contribution is 0.104. The van der Waals surface area contributed by atoms with Gasteiger partial charge in [-0.15, -0.1) is 0 Å². The fourth-order valence-corrected chi connectivity index (χ4v) is 6.60. The lowest BCUT2D eigenvalue weighted by Crippen LogP contribution is -2.45. The number of ether oxygens (including phenoxy) is 2. The maximum Gasteiger partial charge on any atom is 0.243 e. The molecular weight excluding hydrogens is 583 g/mol. The number of halogens is 2. The standard InChI is InChI=1S/C31H34Cl2N2O5S/c1-34(41(37,38)29-13-11-27(39-2)12-14-29)26-16-19-35(20-17-26)18-3-21-40-28-9-5-24(6-10-28)31(36)15-7-23-4-8-25(32)22-30(23)33/h4-15,22,26H,3,16-21H2,1-2H3. The van der Waals surface area contributed by atoms with Crippen molar-refractivity contribution in [3.05, 3.63) is 94.0 Å². The molecule has 0 aliphatic carbocycles. The van der Waals surface area contributed by atoms with Crippen LogP contribution < -0.4 is 9.47 Å². The molecule has 10 heteroatoms. The summed E-state index contributed by atoms with van der Waals surface area (Å²) in [5.74, 6) is 1.20. The summed E-state index contributed by atoms with van der Waals surface area (Å²) in [6, 6.07) is 18.7. The van der Waals surface area contributed by atoms with E-state index < -0.39 is 10.0 Å². The highest BCUT2D eigenvalue weighted by atomic mass is 35.5. The van der Waals surface area contributed by atoms with Gasteiger partial charge in [-0.3, -0.25) is 4.79 Å². The van der Waals surface area contributed by atoms with Crippen molar-refractivity contribution >= 4 is 45.1 Å². The Bertz CT molecular complexity index is 1450. The molecule has 1 heterocycles. The summed E-state index contributed by atoms with van der Waals surface area (Å²) >= 11 is 12.1. The van der Waals surface area contributed by atoms with E-state index in [0.717, 1.165) is 44.5 Å². The Morgan fingerprint density at radius 3 is 2.29 bits per heavy atom. The van der Waals surface area contributed by atoms with Gasteiger partial charge in [0.1, 0.15) is 11.5 Å². The molecule has 0 saturated carbocycles. The zero-order valence-corrected chi connectivity index (χ0v) is 25.5. The van der Waals surface area contributed by atoms with Gasteiger partial charge in [0.2, 0.25) is 10.0 Å². The number of nitrogens with zero attached hydrogens (tertiary/aromatic N) is 2. The molecule has 41 heavy (non-hydrogen) atoms. The number of likely N-dealkylation sites (tertiary alicyclic amines) is 1. The molecule has 1 aliphatic heterocycles. The molecule has 218 valence electrons. The summed E-state index contributed by atoms with van der Waals surface area (Å²) < 4.78 is 38.6. The number of rotatable bonds is 12. The Hall–Kier alpha value is -2.88. The summed E-state index contributed by atoms with van der Waals surface area (Å²) in [5, 5.41) is 1.03. The van der Waals surface area contributed by atoms with Crippen LogP contribution in [0, 0.1) is 0 Å². The molecule has 0 bridgehead atoms. The number of hydrogen-bond acceptors (Lipinski definition) is 6. The third kappa shape index (κ3) is 8.33. The Kier molecular flexibility index (Phi) is 10.9. The minimum absolute atomic E-state index is 0.0335. The first kappa shape index (κ1) is 31.1. The zero-order chi connectivity index (χ0) is 29.4. The Morgan fingerprint density at radius 1 is 1.00 bits per heavy atom. The van der Waals surface area contributed by atoms with Crippen molar-refractivity contribution in [3.8, 4) is 11.5 Å². The van der Waals surface area contributed by atoms with Crippen molar-refractivity contribution in [2.24, 2.45) is 0 Å². The van der Waals surface area contributed by atoms with E-state index in [0.29, 0.717) is 33.7 Å². The number of ketones is 1. The quantitative estimate of drug-likeness (QED) is 0.132. The molecule has 7 nitrogen and oxygen atoms in total. The van der Waals surface area contributed by atoms with E-state index in [9.17, 15) is 13.2 Å². The summed E-state index contributed by atoms with van der Waals surface area (Å²) in [7, 11) is -0.337. The number of piperidine rings is 1. The molecule has 1 aliphatic rings. The number of methoxy groups -OCH3 is 1. The second-order valence-corrected chi connectivity index (χ2v) is 12.7. The van der Waals surface area contributed by atoms with Gasteiger partial charge in [-0.1, -0.05) is 29.3 Å². The molecule has 1 saturated heterocycles. The minimum atomic E-state index is -3.56. The molecule has 0 N–H and O–H groups in total. The van der Waals surface area contributed by atoms with Gasteiger partial charge in [0.05, 0.1) is 18.6 Å². The van der Waals surface area contributed by atoms with Crippen molar-refractivity contribution in [2.45, 2.75) is 30.2 Å². The largest absolute Gasteiger partial charge is 0.497 e. The van der Waals surface area contributed by atoms with Crippen LogP contribution in [-0.2, 0) is 10.0 Å². The third-order valence-corrected chi connectivity index (χ3v) is 9.70. The summed E-state index contributed by atoms with van der Waals surface area (Å²) in [6.07, 6.45) is 5.56. The Labute approximate surface area is 252 Å². The van der Waals surface area contributed by atoms with E-state index in [1.54, 1.807) is 87.0 Å². The van der Waals surface area contributed by atoms with Crippen LogP contribution in [0.5, 0.6) is 11.5 Å². The van der Waals surface area contributed by atoms with Crippen molar-refractivity contribution < 1.29 is 22.7 Å². The first-order valence-corrected chi connectivity index (χ1v) is 15.6. The van der Waals surface area contributed by atoms with Crippen LogP contribution in [0.2, 0.25) is 10.0 Å². The molecule has 0 radical (unpaired) electrons. The number of sulfonamides is 1. The molecule has 3 aromatic carbocycles. The van der Waals surface area contributed by atoms with E-state index in [1.165, 1.54) is 10.4 Å². The molecule has 0 atom stereocenters. The predicted molar refractivity (Wildman–Crippen MR) is 164 cm³/mol. The van der Waals surface area contributed by atoms with E-state index in [-0.39, 0.29) is 16.7 Å². The van der Waals surface area contributed by atoms with Gasteiger partial charge in [-0.2, -0.15) is 4.31 Å². The fourth-order valence-electron chi connectivity index (χ4n) is 4.71. The predicted octanol–water partition coefficient (Wildman–Crippen LogP) is 6.45. The van der Waals surface area contributed by atoms with Gasteiger partial charge in [-0.05, 0) is 111 Å². The van der Waals surface area contributed by atoms with Crippen LogP contribution in [0.1, 0.15) is 35.2 Å². The molecule has 3 aromatic rings.